The summed E-state index contributed by atoms with van der Waals surface area (Å²) in [6, 6.07) is 0. The number of hydrogen-bond acceptors (Lipinski definition) is 2. The SMILES string of the molecule is [O-][O+]=[O+][S-]. The van der Waals surface area contributed by atoms with Crippen LogP contribution in [0.4, 0.5) is 0 Å². The van der Waals surface area contributed by atoms with Crippen molar-refractivity contribution in [3.63, 3.8) is 0 Å². The minimum Gasteiger partial charge on any atom is -0.451 e. The van der Waals surface area contributed by atoms with Crippen molar-refractivity contribution in [2.75, 3.05) is 0 Å². The molecular formula is O3S. The van der Waals surface area contributed by atoms with Gasteiger partial charge in [-0.05, 0) is 0 Å². The Morgan fingerprint density at radius 3 is 2.00 bits per heavy atom. The molecule has 0 aliphatic rings. The second-order valence-electron chi connectivity index (χ2n) is 0.136. The van der Waals surface area contributed by atoms with Gasteiger partial charge in [0, 0.05) is 0 Å². The Kier molecular flexibility index (Phi) is 2.37. The van der Waals surface area contributed by atoms with Gasteiger partial charge in [0.05, 0.1) is 0 Å². The van der Waals surface area contributed by atoms with E-state index in [2.05, 4.69) is 21.7 Å². The summed E-state index contributed by atoms with van der Waals surface area (Å²) in [5.41, 5.74) is 0. The van der Waals surface area contributed by atoms with Gasteiger partial charge in [0.2, 0.25) is 0 Å². The topological polar surface area (TPSA) is 45.7 Å². The molecule has 4 heteroatoms. The molecule has 0 aromatic rings. The largest absolute Gasteiger partial charge is 0.451 e. The molecule has 0 amide bonds. The third-order valence-corrected chi connectivity index (χ3v) is 0.0833. The van der Waals surface area contributed by atoms with Crippen molar-refractivity contribution in [3.05, 3.63) is 8.79 Å². The molecule has 0 bridgehead atoms. The molecule has 24 valence electrons. The van der Waals surface area contributed by atoms with Crippen LogP contribution >= 0.6 is 0 Å². The third kappa shape index (κ3) is 1.62. The van der Waals surface area contributed by atoms with Crippen LogP contribution in [0.5, 0.6) is 0 Å². The van der Waals surface area contributed by atoms with E-state index in [1.807, 2.05) is 0 Å². The maximum atomic E-state index is 8.47. The van der Waals surface area contributed by atoms with Crippen molar-refractivity contribution < 1.29 is 5.26 Å². The van der Waals surface area contributed by atoms with E-state index in [0.717, 1.165) is 0 Å². The smallest absolute Gasteiger partial charge is 0.357 e. The summed E-state index contributed by atoms with van der Waals surface area (Å²) in [7, 11) is 0. The Hall–Kier alpha value is -0.380. The van der Waals surface area contributed by atoms with E-state index < -0.39 is 0 Å². The molecule has 0 fully saturated rings. The van der Waals surface area contributed by atoms with Gasteiger partial charge in [0.25, 0.3) is 5.26 Å². The molecule has 0 saturated heterocycles. The maximum Gasteiger partial charge on any atom is 0.357 e. The Morgan fingerprint density at radius 1 is 1.75 bits per heavy atom. The van der Waals surface area contributed by atoms with E-state index >= 15 is 0 Å². The molecular weight excluding hydrogens is 80.1 g/mol. The lowest BCUT2D eigenvalue weighted by atomic mass is 14.8. The van der Waals surface area contributed by atoms with Crippen LogP contribution in [-0.4, -0.2) is 0 Å². The van der Waals surface area contributed by atoms with Gasteiger partial charge in [-0.3, -0.25) is 0 Å². The average molecular weight is 80.1 g/mol. The summed E-state index contributed by atoms with van der Waals surface area (Å²) in [6.45, 7) is 0. The van der Waals surface area contributed by atoms with Crippen LogP contribution in [-0.2, 0) is 12.9 Å². The minimum absolute atomic E-state index is 2.61. The van der Waals surface area contributed by atoms with Crippen molar-refractivity contribution in [3.8, 4) is 0 Å². The van der Waals surface area contributed by atoms with Crippen LogP contribution in [0, 0.1) is 8.79 Å². The van der Waals surface area contributed by atoms with E-state index in [-0.39, 0.29) is 0 Å². The molecule has 0 rings (SSSR count). The van der Waals surface area contributed by atoms with Crippen LogP contribution in [0.25, 0.3) is 0 Å². The molecule has 0 N–H and O–H groups in total. The van der Waals surface area contributed by atoms with Crippen molar-refractivity contribution in [1.29, 1.82) is 0 Å². The van der Waals surface area contributed by atoms with Crippen molar-refractivity contribution in [1.82, 2.24) is 0 Å². The summed E-state index contributed by atoms with van der Waals surface area (Å²) in [5.74, 6) is 0. The van der Waals surface area contributed by atoms with E-state index in [9.17, 15) is 0 Å². The first-order valence-electron chi connectivity index (χ1n) is 0.500. The van der Waals surface area contributed by atoms with Gasteiger partial charge in [0.1, 0.15) is 0 Å². The summed E-state index contributed by atoms with van der Waals surface area (Å²) < 4.78 is 5.68. The van der Waals surface area contributed by atoms with Crippen LogP contribution < -0.4 is 5.26 Å². The Balaban J connectivity index is 2.55. The quantitative estimate of drug-likeness (QED) is 0.160. The Morgan fingerprint density at radius 2 is 2.00 bits per heavy atom. The zero-order valence-electron chi connectivity index (χ0n) is 1.63. The average Bonchev–Trinajstić information content (AvgIpc) is 1.37. The monoisotopic (exact) mass is 80.0 g/mol. The van der Waals surface area contributed by atoms with E-state index in [1.165, 1.54) is 0 Å². The van der Waals surface area contributed by atoms with Gasteiger partial charge in [0.15, 0.2) is 0 Å². The van der Waals surface area contributed by atoms with Gasteiger partial charge >= 0.3 is 4.75 Å². The highest BCUT2D eigenvalue weighted by Crippen LogP contribution is 1.34. The first kappa shape index (κ1) is 3.62. The molecule has 0 aliphatic heterocycles. The summed E-state index contributed by atoms with van der Waals surface area (Å²) in [4.78, 5) is 0. The van der Waals surface area contributed by atoms with Gasteiger partial charge in [-0.25, -0.2) is 0 Å². The summed E-state index contributed by atoms with van der Waals surface area (Å²) >= 11 is 3.52. The lowest BCUT2D eigenvalue weighted by Gasteiger charge is -1.51. The first-order valence-corrected chi connectivity index (χ1v) is 0.833. The molecule has 4 heavy (non-hydrogen) atoms. The molecule has 0 atom stereocenters. The lowest BCUT2D eigenvalue weighted by Crippen LogP contribution is -1.85. The normalized spacial score (nSPS) is 9.00. The highest BCUT2D eigenvalue weighted by Gasteiger charge is 1.55. The predicted molar refractivity (Wildman–Crippen MR) is 14.1 cm³/mol. The maximum absolute atomic E-state index is 8.47. The van der Waals surface area contributed by atoms with Gasteiger partial charge < -0.3 is 12.9 Å². The summed E-state index contributed by atoms with van der Waals surface area (Å²) in [6.07, 6.45) is 0. The fraction of sp³-hybridized carbons (Fsp3) is 0. The van der Waals surface area contributed by atoms with Crippen molar-refractivity contribution in [2.45, 2.75) is 0 Å². The number of rotatable bonds is 0. The van der Waals surface area contributed by atoms with Gasteiger partial charge in [-0.1, -0.05) is 0 Å². The molecule has 0 saturated carbocycles. The zero-order chi connectivity index (χ0) is 3.41. The van der Waals surface area contributed by atoms with Crippen LogP contribution in [0.15, 0.2) is 0 Å². The Bertz CT molecular complexity index is 18.5. The highest BCUT2D eigenvalue weighted by atomic mass is 32.1. The van der Waals surface area contributed by atoms with Gasteiger partial charge in [-0.15, -0.1) is 0 Å². The molecule has 0 heterocycles. The molecule has 3 nitrogen and oxygen atoms in total. The van der Waals surface area contributed by atoms with Crippen molar-refractivity contribution in [2.24, 2.45) is 0 Å². The van der Waals surface area contributed by atoms with E-state index in [0.29, 0.717) is 0 Å². The van der Waals surface area contributed by atoms with Crippen molar-refractivity contribution >= 4 is 12.9 Å². The summed E-state index contributed by atoms with van der Waals surface area (Å²) in [5, 5.41) is 8.47. The zero-order valence-corrected chi connectivity index (χ0v) is 2.45. The minimum atomic E-state index is 2.61. The molecule has 0 aromatic carbocycles. The lowest BCUT2D eigenvalue weighted by molar-refractivity contribution is -0.285. The van der Waals surface area contributed by atoms with Gasteiger partial charge in [-0.2, -0.15) is 4.04 Å². The second kappa shape index (κ2) is 2.62. The molecule has 0 spiro atoms. The van der Waals surface area contributed by atoms with E-state index in [4.69, 9.17) is 5.26 Å². The molecule has 0 unspecified atom stereocenters. The Labute approximate surface area is 28.0 Å². The highest BCUT2D eigenvalue weighted by molar-refractivity contribution is 7.61. The van der Waals surface area contributed by atoms with Crippen LogP contribution in [0.2, 0.25) is 0 Å². The number of hydrogen-bond donors (Lipinski definition) is 0. The third-order valence-electron chi connectivity index (χ3n) is 0.0278. The second-order valence-corrected chi connectivity index (χ2v) is 0.272. The predicted octanol–water partition coefficient (Wildman–Crippen LogP) is -1.12. The molecule has 0 radical (unpaired) electrons. The van der Waals surface area contributed by atoms with E-state index in [1.54, 1.807) is 0 Å². The standard InChI is InChI=1S/O3S/c1-2-3-4. The van der Waals surface area contributed by atoms with Crippen LogP contribution in [0.1, 0.15) is 0 Å². The molecule has 0 aromatic heterocycles. The first-order chi connectivity index (χ1) is 1.91. The molecule has 0 aliphatic carbocycles. The van der Waals surface area contributed by atoms with Crippen LogP contribution in [0.3, 0.4) is 0 Å². The fourth-order valence-electron chi connectivity index (χ4n) is 0. The fourth-order valence-corrected chi connectivity index (χ4v) is 0.